The van der Waals surface area contributed by atoms with Crippen LogP contribution in [0.25, 0.3) is 0 Å². The highest BCUT2D eigenvalue weighted by Crippen LogP contribution is 2.19. The van der Waals surface area contributed by atoms with Gasteiger partial charge in [0.05, 0.1) is 18.8 Å². The van der Waals surface area contributed by atoms with Crippen molar-refractivity contribution in [3.05, 3.63) is 53.4 Å². The van der Waals surface area contributed by atoms with Crippen LogP contribution in [0.15, 0.2) is 40.9 Å². The van der Waals surface area contributed by atoms with Crippen molar-refractivity contribution in [2.75, 3.05) is 13.6 Å². The van der Waals surface area contributed by atoms with Gasteiger partial charge < -0.3 is 14.3 Å². The average Bonchev–Trinajstić information content (AvgIpc) is 2.95. The van der Waals surface area contributed by atoms with Gasteiger partial charge in [0, 0.05) is 19.5 Å². The van der Waals surface area contributed by atoms with E-state index in [9.17, 15) is 9.59 Å². The molecule has 0 N–H and O–H groups in total. The smallest absolute Gasteiger partial charge is 0.245 e. The lowest BCUT2D eigenvalue weighted by Crippen LogP contribution is -2.59. The third kappa shape index (κ3) is 3.26. The molecule has 120 valence electrons. The Bertz CT molecular complexity index is 711. The van der Waals surface area contributed by atoms with Crippen molar-refractivity contribution in [3.8, 4) is 0 Å². The van der Waals surface area contributed by atoms with Crippen LogP contribution in [0.2, 0.25) is 0 Å². The number of piperazine rings is 1. The van der Waals surface area contributed by atoms with Crippen LogP contribution in [0.1, 0.15) is 17.0 Å². The van der Waals surface area contributed by atoms with Crippen molar-refractivity contribution in [2.45, 2.75) is 25.9 Å². The van der Waals surface area contributed by atoms with Crippen molar-refractivity contribution in [1.82, 2.24) is 15.0 Å². The molecule has 6 nitrogen and oxygen atoms in total. The summed E-state index contributed by atoms with van der Waals surface area (Å²) in [5, 5.41) is 3.84. The number of carbonyl (C=O) groups is 2. The maximum atomic E-state index is 12.6. The van der Waals surface area contributed by atoms with Gasteiger partial charge in [-0.2, -0.15) is 0 Å². The Morgan fingerprint density at radius 3 is 2.65 bits per heavy atom. The van der Waals surface area contributed by atoms with Crippen LogP contribution >= 0.6 is 0 Å². The highest BCUT2D eigenvalue weighted by molar-refractivity contribution is 5.94. The van der Waals surface area contributed by atoms with E-state index in [1.54, 1.807) is 18.0 Å². The molecule has 3 rings (SSSR count). The third-order valence-electron chi connectivity index (χ3n) is 4.01. The summed E-state index contributed by atoms with van der Waals surface area (Å²) >= 11 is 0. The number of likely N-dealkylation sites (N-methyl/N-ethyl adjacent to an activating group) is 1. The monoisotopic (exact) mass is 313 g/mol. The van der Waals surface area contributed by atoms with Crippen LogP contribution in [-0.4, -0.2) is 46.4 Å². The molecule has 0 spiro atoms. The molecule has 0 radical (unpaired) electrons. The zero-order chi connectivity index (χ0) is 16.4. The molecule has 0 unspecified atom stereocenters. The topological polar surface area (TPSA) is 66.7 Å². The van der Waals surface area contributed by atoms with E-state index in [0.717, 1.165) is 11.3 Å². The minimum absolute atomic E-state index is 0.0512. The summed E-state index contributed by atoms with van der Waals surface area (Å²) in [6.07, 6.45) is 0.489. The second kappa shape index (κ2) is 6.24. The number of aryl methyl sites for hydroxylation is 1. The zero-order valence-electron chi connectivity index (χ0n) is 13.2. The minimum atomic E-state index is -0.519. The Hall–Kier alpha value is -2.63. The number of hydrogen-bond acceptors (Lipinski definition) is 4. The summed E-state index contributed by atoms with van der Waals surface area (Å²) in [7, 11) is 1.66. The van der Waals surface area contributed by atoms with Crippen molar-refractivity contribution in [2.24, 2.45) is 0 Å². The number of nitrogens with zero attached hydrogens (tertiary/aromatic N) is 3. The maximum absolute atomic E-state index is 12.6. The normalized spacial score (nSPS) is 18.6. The van der Waals surface area contributed by atoms with E-state index >= 15 is 0 Å². The lowest BCUT2D eigenvalue weighted by molar-refractivity contribution is -0.155. The summed E-state index contributed by atoms with van der Waals surface area (Å²) in [4.78, 5) is 28.1. The fourth-order valence-corrected chi connectivity index (χ4v) is 2.83. The van der Waals surface area contributed by atoms with Crippen molar-refractivity contribution in [1.29, 1.82) is 0 Å². The van der Waals surface area contributed by atoms with Crippen molar-refractivity contribution >= 4 is 11.8 Å². The van der Waals surface area contributed by atoms with Gasteiger partial charge in [0.25, 0.3) is 0 Å². The first-order valence-electron chi connectivity index (χ1n) is 7.55. The van der Waals surface area contributed by atoms with Crippen LogP contribution in [0, 0.1) is 6.92 Å². The lowest BCUT2D eigenvalue weighted by Gasteiger charge is -2.38. The van der Waals surface area contributed by atoms with E-state index in [-0.39, 0.29) is 24.9 Å². The number of benzene rings is 1. The molecule has 1 fully saturated rings. The van der Waals surface area contributed by atoms with Gasteiger partial charge in [-0.15, -0.1) is 0 Å². The fourth-order valence-electron chi connectivity index (χ4n) is 2.83. The van der Waals surface area contributed by atoms with E-state index in [1.165, 1.54) is 4.90 Å². The predicted molar refractivity (Wildman–Crippen MR) is 83.4 cm³/mol. The molecule has 1 aliphatic heterocycles. The Kier molecular flexibility index (Phi) is 4.14. The molecule has 1 saturated heterocycles. The summed E-state index contributed by atoms with van der Waals surface area (Å²) in [6, 6.07) is 11.0. The highest BCUT2D eigenvalue weighted by Gasteiger charge is 2.38. The summed E-state index contributed by atoms with van der Waals surface area (Å²) in [6.45, 7) is 2.18. The molecule has 1 aromatic carbocycles. The minimum Gasteiger partial charge on any atom is -0.359 e. The molecular weight excluding hydrogens is 294 g/mol. The molecule has 1 aliphatic rings. The lowest BCUT2D eigenvalue weighted by atomic mass is 10.0. The Labute approximate surface area is 134 Å². The molecule has 2 heterocycles. The molecule has 23 heavy (non-hydrogen) atoms. The molecule has 2 aromatic rings. The van der Waals surface area contributed by atoms with E-state index in [2.05, 4.69) is 5.16 Å². The zero-order valence-corrected chi connectivity index (χ0v) is 13.2. The van der Waals surface area contributed by atoms with Crippen LogP contribution in [0.4, 0.5) is 0 Å². The van der Waals surface area contributed by atoms with Crippen molar-refractivity contribution < 1.29 is 14.1 Å². The van der Waals surface area contributed by atoms with Gasteiger partial charge in [0.2, 0.25) is 11.8 Å². The molecule has 0 bridgehead atoms. The number of rotatable bonds is 4. The number of amides is 2. The first-order valence-corrected chi connectivity index (χ1v) is 7.55. The van der Waals surface area contributed by atoms with E-state index in [4.69, 9.17) is 4.52 Å². The predicted octanol–water partition coefficient (Wildman–Crippen LogP) is 1.39. The Balaban J connectivity index is 1.85. The highest BCUT2D eigenvalue weighted by atomic mass is 16.5. The summed E-state index contributed by atoms with van der Waals surface area (Å²) < 4.78 is 5.21. The van der Waals surface area contributed by atoms with Gasteiger partial charge in [-0.05, 0) is 12.5 Å². The second-order valence-electron chi connectivity index (χ2n) is 5.86. The number of aromatic nitrogens is 1. The van der Waals surface area contributed by atoms with Crippen molar-refractivity contribution in [3.63, 3.8) is 0 Å². The van der Waals surface area contributed by atoms with Crippen LogP contribution in [0.5, 0.6) is 0 Å². The summed E-state index contributed by atoms with van der Waals surface area (Å²) in [5.41, 5.74) is 1.78. The molecule has 0 saturated carbocycles. The van der Waals surface area contributed by atoms with E-state index in [1.807, 2.05) is 37.3 Å². The second-order valence-corrected chi connectivity index (χ2v) is 5.86. The van der Waals surface area contributed by atoms with Gasteiger partial charge in [-0.3, -0.25) is 9.59 Å². The first-order chi connectivity index (χ1) is 11.0. The first kappa shape index (κ1) is 15.3. The largest absolute Gasteiger partial charge is 0.359 e. The number of carbonyl (C=O) groups excluding carboxylic acids is 2. The Morgan fingerprint density at radius 2 is 2.00 bits per heavy atom. The van der Waals surface area contributed by atoms with Gasteiger partial charge in [-0.25, -0.2) is 0 Å². The van der Waals surface area contributed by atoms with E-state index < -0.39 is 6.04 Å². The number of hydrogen-bond donors (Lipinski definition) is 0. The van der Waals surface area contributed by atoms with Crippen LogP contribution in [0.3, 0.4) is 0 Å². The molecule has 1 aromatic heterocycles. The van der Waals surface area contributed by atoms with Gasteiger partial charge in [0.1, 0.15) is 6.04 Å². The third-order valence-corrected chi connectivity index (χ3v) is 4.01. The van der Waals surface area contributed by atoms with Gasteiger partial charge >= 0.3 is 0 Å². The van der Waals surface area contributed by atoms with E-state index in [0.29, 0.717) is 12.2 Å². The molecule has 2 amide bonds. The fraction of sp³-hybridized carbons (Fsp3) is 0.353. The van der Waals surface area contributed by atoms with Gasteiger partial charge in [-0.1, -0.05) is 35.5 Å². The average molecular weight is 313 g/mol. The quantitative estimate of drug-likeness (QED) is 0.855. The SMILES string of the molecule is Cc1cc(CN2C(=O)CN(C)C(=O)[C@H]2Cc2ccccc2)on1. The molecule has 1 atom stereocenters. The van der Waals surface area contributed by atoms with Crippen LogP contribution in [-0.2, 0) is 22.6 Å². The summed E-state index contributed by atoms with van der Waals surface area (Å²) in [5.74, 6) is 0.457. The van der Waals surface area contributed by atoms with Gasteiger partial charge in [0.15, 0.2) is 5.76 Å². The molecule has 0 aliphatic carbocycles. The molecule has 6 heteroatoms. The molecular formula is C17H19N3O3. The maximum Gasteiger partial charge on any atom is 0.245 e. The van der Waals surface area contributed by atoms with Crippen LogP contribution < -0.4 is 0 Å². The standard InChI is InChI=1S/C17H19N3O3/c1-12-8-14(23-18-12)10-20-15(9-13-6-4-3-5-7-13)17(22)19(2)11-16(20)21/h3-8,15H,9-11H2,1-2H3/t15-/m1/s1. The Morgan fingerprint density at radius 1 is 1.26 bits per heavy atom.